The number of hydrogen-bond donors (Lipinski definition) is 0. The third kappa shape index (κ3) is 10.2. The first kappa shape index (κ1) is 25.8. The van der Waals surface area contributed by atoms with Gasteiger partial charge in [0.1, 0.15) is 0 Å². The van der Waals surface area contributed by atoms with Gasteiger partial charge in [-0.25, -0.2) is 14.8 Å². The molecule has 0 unspecified atom stereocenters. The molecule has 0 aliphatic carbocycles. The minimum absolute atomic E-state index is 0.301. The molecule has 0 saturated carbocycles. The number of hydrogen-bond acceptors (Lipinski definition) is 4. The second-order valence-electron chi connectivity index (χ2n) is 8.74. The average Bonchev–Trinajstić information content (AvgIpc) is 2.83. The van der Waals surface area contributed by atoms with E-state index in [0.29, 0.717) is 12.5 Å². The predicted octanol–water partition coefficient (Wildman–Crippen LogP) is 7.43. The number of ether oxygens (including phenoxy) is 1. The third-order valence-electron chi connectivity index (χ3n) is 5.81. The van der Waals surface area contributed by atoms with Gasteiger partial charge in [-0.2, -0.15) is 0 Å². The lowest BCUT2D eigenvalue weighted by Gasteiger charge is -2.07. The van der Waals surface area contributed by atoms with Gasteiger partial charge in [0.05, 0.1) is 6.61 Å². The fraction of sp³-hybridized carbons (Fsp3) is 0.536. The quantitative estimate of drug-likeness (QED) is 0.165. The van der Waals surface area contributed by atoms with Crippen molar-refractivity contribution in [2.75, 3.05) is 6.61 Å². The Kier molecular flexibility index (Phi) is 12.3. The molecule has 174 valence electrons. The number of unbranched alkanes of at least 4 members (excludes halogenated alkanes) is 7. The fourth-order valence-electron chi connectivity index (χ4n) is 3.39. The van der Waals surface area contributed by atoms with E-state index in [0.717, 1.165) is 29.8 Å². The number of nitrogens with zero attached hydrogens (tertiary/aromatic N) is 2. The van der Waals surface area contributed by atoms with Crippen molar-refractivity contribution >= 4 is 12.0 Å². The van der Waals surface area contributed by atoms with Crippen molar-refractivity contribution in [3.05, 3.63) is 53.9 Å². The van der Waals surface area contributed by atoms with Crippen LogP contribution in [0.25, 0.3) is 17.5 Å². The van der Waals surface area contributed by atoms with Crippen molar-refractivity contribution in [2.24, 2.45) is 5.92 Å². The number of aromatic nitrogens is 2. The van der Waals surface area contributed by atoms with E-state index in [1.807, 2.05) is 36.7 Å². The first-order valence-electron chi connectivity index (χ1n) is 12.4. The Morgan fingerprint density at radius 2 is 1.56 bits per heavy atom. The Bertz CT molecular complexity index is 797. The van der Waals surface area contributed by atoms with E-state index in [1.54, 1.807) is 6.08 Å². The van der Waals surface area contributed by atoms with Gasteiger partial charge in [0.25, 0.3) is 0 Å². The Morgan fingerprint density at radius 1 is 0.938 bits per heavy atom. The number of carbonyl (C=O) groups is 1. The highest BCUT2D eigenvalue weighted by atomic mass is 16.5. The van der Waals surface area contributed by atoms with E-state index >= 15 is 0 Å². The molecule has 0 amide bonds. The van der Waals surface area contributed by atoms with E-state index in [-0.39, 0.29) is 5.97 Å². The molecule has 0 aliphatic rings. The molecule has 0 radical (unpaired) electrons. The van der Waals surface area contributed by atoms with Crippen molar-refractivity contribution in [2.45, 2.75) is 85.0 Å². The molecule has 0 spiro atoms. The minimum atomic E-state index is -0.301. The van der Waals surface area contributed by atoms with Crippen molar-refractivity contribution in [1.82, 2.24) is 9.97 Å². The SMILES string of the molecule is CCCCCCCCCCc1cnc(-c2ccc(C=CC(=O)OC[C@H](C)CC)cc2)nc1. The Hall–Kier alpha value is -2.49. The lowest BCUT2D eigenvalue weighted by Crippen LogP contribution is -2.08. The van der Waals surface area contributed by atoms with E-state index in [4.69, 9.17) is 4.74 Å². The maximum absolute atomic E-state index is 11.8. The molecule has 0 N–H and O–H groups in total. The van der Waals surface area contributed by atoms with E-state index in [1.165, 1.54) is 63.0 Å². The molecule has 0 saturated heterocycles. The third-order valence-corrected chi connectivity index (χ3v) is 5.81. The van der Waals surface area contributed by atoms with Gasteiger partial charge in [-0.3, -0.25) is 0 Å². The van der Waals surface area contributed by atoms with Crippen LogP contribution in [0.4, 0.5) is 0 Å². The molecule has 32 heavy (non-hydrogen) atoms. The summed E-state index contributed by atoms with van der Waals surface area (Å²) < 4.78 is 5.24. The van der Waals surface area contributed by atoms with Gasteiger partial charge in [-0.1, -0.05) is 96.4 Å². The lowest BCUT2D eigenvalue weighted by molar-refractivity contribution is -0.138. The first-order valence-corrected chi connectivity index (χ1v) is 12.4. The van der Waals surface area contributed by atoms with Gasteiger partial charge in [-0.15, -0.1) is 0 Å². The summed E-state index contributed by atoms with van der Waals surface area (Å²) in [6.45, 7) is 6.88. The number of rotatable bonds is 15. The largest absolute Gasteiger partial charge is 0.462 e. The summed E-state index contributed by atoms with van der Waals surface area (Å²) in [5.41, 5.74) is 3.12. The van der Waals surface area contributed by atoms with Crippen LogP contribution >= 0.6 is 0 Å². The van der Waals surface area contributed by atoms with Crippen LogP contribution in [0.15, 0.2) is 42.7 Å². The molecule has 0 aliphatic heterocycles. The normalized spacial score (nSPS) is 12.2. The molecule has 4 nitrogen and oxygen atoms in total. The Labute approximate surface area is 194 Å². The molecule has 1 aromatic carbocycles. The van der Waals surface area contributed by atoms with E-state index in [9.17, 15) is 4.79 Å². The van der Waals surface area contributed by atoms with Crippen LogP contribution in [0, 0.1) is 5.92 Å². The number of esters is 1. The lowest BCUT2D eigenvalue weighted by atomic mass is 10.1. The molecule has 1 aromatic heterocycles. The van der Waals surface area contributed by atoms with Crippen molar-refractivity contribution in [1.29, 1.82) is 0 Å². The summed E-state index contributed by atoms with van der Waals surface area (Å²) in [6.07, 6.45) is 19.8. The zero-order valence-electron chi connectivity index (χ0n) is 20.2. The second kappa shape index (κ2) is 15.3. The molecular weight excluding hydrogens is 396 g/mol. The molecule has 2 rings (SSSR count). The molecule has 0 bridgehead atoms. The topological polar surface area (TPSA) is 52.1 Å². The van der Waals surface area contributed by atoms with Gasteiger partial charge in [0.2, 0.25) is 0 Å². The highest BCUT2D eigenvalue weighted by Gasteiger charge is 2.04. The van der Waals surface area contributed by atoms with Crippen LogP contribution in [-0.4, -0.2) is 22.5 Å². The zero-order chi connectivity index (χ0) is 23.0. The minimum Gasteiger partial charge on any atom is -0.462 e. The molecule has 0 fully saturated rings. The zero-order valence-corrected chi connectivity index (χ0v) is 20.2. The number of aryl methyl sites for hydroxylation is 1. The summed E-state index contributed by atoms with van der Waals surface area (Å²) in [5.74, 6) is 0.816. The van der Waals surface area contributed by atoms with E-state index in [2.05, 4.69) is 30.7 Å². The maximum Gasteiger partial charge on any atom is 0.330 e. The summed E-state index contributed by atoms with van der Waals surface area (Å²) in [5, 5.41) is 0. The summed E-state index contributed by atoms with van der Waals surface area (Å²) in [4.78, 5) is 20.9. The standard InChI is InChI=1S/C28H40N2O2/c1-4-6-7-8-9-10-11-12-13-25-20-29-28(30-21-25)26-17-14-24(15-18-26)16-19-27(31)32-22-23(3)5-2/h14-21,23H,4-13,22H2,1-3H3/t23-/m1/s1. The molecular formula is C28H40N2O2. The van der Waals surface area contributed by atoms with Crippen molar-refractivity contribution < 1.29 is 9.53 Å². The van der Waals surface area contributed by atoms with Crippen molar-refractivity contribution in [3.63, 3.8) is 0 Å². The smallest absolute Gasteiger partial charge is 0.330 e. The first-order chi connectivity index (χ1) is 15.6. The van der Waals surface area contributed by atoms with E-state index < -0.39 is 0 Å². The highest BCUT2D eigenvalue weighted by Crippen LogP contribution is 2.17. The monoisotopic (exact) mass is 436 g/mol. The van der Waals surface area contributed by atoms with Crippen LogP contribution in [-0.2, 0) is 16.0 Å². The van der Waals surface area contributed by atoms with Gasteiger partial charge >= 0.3 is 5.97 Å². The average molecular weight is 437 g/mol. The van der Waals surface area contributed by atoms with Crippen LogP contribution in [0.3, 0.4) is 0 Å². The van der Waals surface area contributed by atoms with Gasteiger partial charge in [0.15, 0.2) is 5.82 Å². The molecule has 1 heterocycles. The van der Waals surface area contributed by atoms with Crippen LogP contribution in [0.1, 0.15) is 89.7 Å². The summed E-state index contributed by atoms with van der Waals surface area (Å²) in [7, 11) is 0. The summed E-state index contributed by atoms with van der Waals surface area (Å²) in [6, 6.07) is 7.90. The molecule has 1 atom stereocenters. The summed E-state index contributed by atoms with van der Waals surface area (Å²) >= 11 is 0. The second-order valence-corrected chi connectivity index (χ2v) is 8.74. The van der Waals surface area contributed by atoms with Crippen molar-refractivity contribution in [3.8, 4) is 11.4 Å². The predicted molar refractivity (Wildman–Crippen MR) is 133 cm³/mol. The fourth-order valence-corrected chi connectivity index (χ4v) is 3.39. The maximum atomic E-state index is 11.8. The van der Waals surface area contributed by atoms with Crippen LogP contribution < -0.4 is 0 Å². The number of benzene rings is 1. The van der Waals surface area contributed by atoms with Gasteiger partial charge < -0.3 is 4.74 Å². The molecule has 4 heteroatoms. The molecule has 2 aromatic rings. The van der Waals surface area contributed by atoms with Gasteiger partial charge in [-0.05, 0) is 36.0 Å². The van der Waals surface area contributed by atoms with Crippen LogP contribution in [0.5, 0.6) is 0 Å². The number of carbonyl (C=O) groups excluding carboxylic acids is 1. The Morgan fingerprint density at radius 3 is 2.19 bits per heavy atom. The van der Waals surface area contributed by atoms with Gasteiger partial charge in [0, 0.05) is 24.0 Å². The van der Waals surface area contributed by atoms with Crippen LogP contribution in [0.2, 0.25) is 0 Å². The highest BCUT2D eigenvalue weighted by molar-refractivity contribution is 5.87. The Balaban J connectivity index is 1.74.